The number of nitrogens with one attached hydrogen (secondary N) is 5. The van der Waals surface area contributed by atoms with Crippen LogP contribution < -0.4 is 40.8 Å². The number of hydrogen-bond donors (Lipinski definition) is 6. The lowest BCUT2D eigenvalue weighted by molar-refractivity contribution is -0.385. The van der Waals surface area contributed by atoms with Gasteiger partial charge in [-0.05, 0) is 165 Å². The molecule has 6 N–H and O–H groups in total. The lowest BCUT2D eigenvalue weighted by atomic mass is 9.83. The fraction of sp³-hybridized carbons (Fsp3) is 0.480. The molecule has 6 aromatic rings. The molecule has 3 heterocycles. The first-order valence-corrected chi connectivity index (χ1v) is 46.6. The maximum absolute atomic E-state index is 14.9. The normalized spacial score (nSPS) is 15.3. The summed E-state index contributed by atoms with van der Waals surface area (Å²) < 4.78 is 40.1. The van der Waals surface area contributed by atoms with Crippen LogP contribution in [0.2, 0.25) is 0 Å². The minimum atomic E-state index is -1.04. The smallest absolute Gasteiger partial charge is 0.487 e. The molecule has 3 aliphatic rings. The molecule has 10 amide bonds. The number of non-ortho nitro benzene ring substituents is 3. The van der Waals surface area contributed by atoms with Crippen LogP contribution in [0.25, 0.3) is 0 Å². The summed E-state index contributed by atoms with van der Waals surface area (Å²) in [5.41, 5.74) is 3.18. The average Bonchev–Trinajstić information content (AvgIpc) is 1.39. The largest absolute Gasteiger partial charge is 0.514 e. The average molecular weight is 1930 g/mol. The van der Waals surface area contributed by atoms with E-state index in [9.17, 15) is 93.0 Å². The van der Waals surface area contributed by atoms with E-state index in [0.717, 1.165) is 38.5 Å². The Morgan fingerprint density at radius 1 is 0.540 bits per heavy atom. The van der Waals surface area contributed by atoms with E-state index in [1.54, 1.807) is 117 Å². The monoisotopic (exact) mass is 1930 g/mol. The third-order valence-corrected chi connectivity index (χ3v) is 24.5. The number of amides is 10. The molecular weight excluding hydrogens is 1800 g/mol. The zero-order valence-corrected chi connectivity index (χ0v) is 80.7. The Bertz CT molecular complexity index is 5220. The molecule has 0 spiro atoms. The molecule has 0 radical (unpaired) electrons. The Labute approximate surface area is 808 Å². The Morgan fingerprint density at radius 3 is 1.45 bits per heavy atom. The van der Waals surface area contributed by atoms with Gasteiger partial charge >= 0.3 is 12.2 Å². The Kier molecular flexibility index (Phi) is 44.2. The Balaban J connectivity index is 0.000000405. The number of likely N-dealkylation sites (tertiary alicyclic amines) is 1. The zero-order valence-electron chi connectivity index (χ0n) is 80.7. The second kappa shape index (κ2) is 55.6. The molecule has 1 fully saturated rings. The van der Waals surface area contributed by atoms with Gasteiger partial charge in [0.25, 0.3) is 40.7 Å². The van der Waals surface area contributed by atoms with Gasteiger partial charge in [-0.25, -0.2) is 9.59 Å². The van der Waals surface area contributed by atoms with Gasteiger partial charge in [-0.15, -0.1) is 0 Å². The van der Waals surface area contributed by atoms with E-state index >= 15 is 0 Å². The van der Waals surface area contributed by atoms with Gasteiger partial charge in [0.05, 0.1) is 94.1 Å². The Morgan fingerprint density at radius 2 is 1.00 bits per heavy atom. The molecule has 3 aliphatic heterocycles. The van der Waals surface area contributed by atoms with Crippen molar-refractivity contribution in [2.75, 3.05) is 84.8 Å². The van der Waals surface area contributed by atoms with Crippen molar-refractivity contribution in [2.24, 2.45) is 29.6 Å². The summed E-state index contributed by atoms with van der Waals surface area (Å²) in [5.74, 6) is -4.87. The predicted molar refractivity (Wildman–Crippen MR) is 513 cm³/mol. The van der Waals surface area contributed by atoms with Crippen LogP contribution in [-0.4, -0.2) is 226 Å². The highest BCUT2D eigenvalue weighted by molar-refractivity contribution is 6.13. The van der Waals surface area contributed by atoms with Crippen molar-refractivity contribution < 1.29 is 111 Å². The van der Waals surface area contributed by atoms with Crippen LogP contribution in [0.4, 0.5) is 38.0 Å². The first kappa shape index (κ1) is 111. The second-order valence-electron chi connectivity index (χ2n) is 35.2. The summed E-state index contributed by atoms with van der Waals surface area (Å²) in [4.78, 5) is 195. The lowest BCUT2D eigenvalue weighted by Gasteiger charge is -2.41. The fourth-order valence-corrected chi connectivity index (χ4v) is 16.6. The van der Waals surface area contributed by atoms with Crippen LogP contribution in [0.3, 0.4) is 0 Å². The minimum Gasteiger partial charge on any atom is -0.487 e. The van der Waals surface area contributed by atoms with Gasteiger partial charge in [0.15, 0.2) is 5.78 Å². The number of rotatable bonds is 55. The maximum Gasteiger partial charge on any atom is 0.514 e. The standard InChI is InChI=1S/C67H96N8O15.C33H33N5O11/c1-13-44(6)62(56(87-11)38-60(80)73-35-21-24-53(73)64(88-12)45(7)65(82)69-46(8)63(81)49-22-17-16-18-23-49)71(9)66(83)51(42(2)3)37-54(76)61(43(4)5)72(10)67(84)90-41-48-27-30-55(89-40-47-25-28-50(29-26-47)75(85)86)52(36-48)70-57(77)39-68-33-19-14-15-20-34-74-58(78)31-32-59(74)79;39-30(20-34-17-3-1-2-4-18-36-31(40)15-16-32(36)41)35-28-19-24(22-48-33(42)49-27-12-10-26(11-13-27)38(45)46)7-14-29(28)47-21-23-5-8-25(9-6-23)37(43)44/h16-18,22-23,25-32,36,42-46,51,53,56,61-64,68,81H,13-15,19-21,24,33-35,37-41H2,1-12H3,(H,69,82)(H,70,77);5-16,19,34H,1-4,17-18,20-22H2,(H,35,39)/t44-,45+,46+,51-,53-,56+,61-,62-,63+,64+;/m0./s1. The molecule has 0 saturated carbocycles. The highest BCUT2D eigenvalue weighted by atomic mass is 16.7. The summed E-state index contributed by atoms with van der Waals surface area (Å²) in [6.45, 7) is 16.6. The number of unbranched alkanes of at least 4 members (excludes halogenated alkanes) is 6. The zero-order chi connectivity index (χ0) is 102. The third-order valence-electron chi connectivity index (χ3n) is 24.5. The number of benzene rings is 6. The van der Waals surface area contributed by atoms with Crippen LogP contribution in [0.1, 0.15) is 173 Å². The molecule has 139 heavy (non-hydrogen) atoms. The highest BCUT2D eigenvalue weighted by Gasteiger charge is 2.45. The van der Waals surface area contributed by atoms with E-state index in [0.29, 0.717) is 104 Å². The number of ketones is 1. The number of nitro groups is 3. The molecule has 10 atom stereocenters. The van der Waals surface area contributed by atoms with Crippen molar-refractivity contribution >= 4 is 99.6 Å². The summed E-state index contributed by atoms with van der Waals surface area (Å²) in [6, 6.07) is 32.7. The van der Waals surface area contributed by atoms with E-state index < -0.39 is 87.3 Å². The summed E-state index contributed by atoms with van der Waals surface area (Å²) >= 11 is 0. The van der Waals surface area contributed by atoms with Gasteiger partial charge in [-0.3, -0.25) is 88.1 Å². The van der Waals surface area contributed by atoms with Crippen molar-refractivity contribution in [3.63, 3.8) is 0 Å². The van der Waals surface area contributed by atoms with Crippen molar-refractivity contribution in [1.82, 2.24) is 40.4 Å². The van der Waals surface area contributed by atoms with Crippen molar-refractivity contribution in [3.8, 4) is 17.2 Å². The molecule has 750 valence electrons. The van der Waals surface area contributed by atoms with Gasteiger partial charge < -0.3 is 79.5 Å². The number of imide groups is 2. The number of aliphatic hydroxyl groups is 1. The fourth-order valence-electron chi connectivity index (χ4n) is 16.6. The first-order valence-electron chi connectivity index (χ1n) is 46.6. The molecule has 6 aromatic carbocycles. The number of aliphatic hydroxyl groups excluding tert-OH is 1. The topological polar surface area (TPSA) is 495 Å². The number of likely N-dealkylation sites (N-methyl/N-ethyl adjacent to an activating group) is 2. The number of carbonyl (C=O) groups excluding carboxylic acids is 12. The molecule has 39 heteroatoms. The van der Waals surface area contributed by atoms with Crippen molar-refractivity contribution in [3.05, 3.63) is 222 Å². The van der Waals surface area contributed by atoms with E-state index in [-0.39, 0.29) is 157 Å². The maximum atomic E-state index is 14.9. The molecule has 9 rings (SSSR count). The van der Waals surface area contributed by atoms with E-state index in [4.69, 9.17) is 33.2 Å². The molecule has 0 aliphatic carbocycles. The Hall–Kier alpha value is -13.8. The van der Waals surface area contributed by atoms with Gasteiger partial charge in [-0.1, -0.05) is 123 Å². The number of nitrogens with zero attached hydrogens (tertiary/aromatic N) is 8. The van der Waals surface area contributed by atoms with Gasteiger partial charge in [-0.2, -0.15) is 0 Å². The lowest BCUT2D eigenvalue weighted by Crippen LogP contribution is -2.55. The minimum absolute atomic E-state index is 0.00741. The van der Waals surface area contributed by atoms with Crippen LogP contribution >= 0.6 is 0 Å². The SMILES string of the molecule is CC[C@H](C)[C@@H]([C@@H](CC(=O)N1CCC[C@H]1[C@H](OC)[C@@H](C)C(=O)N[C@H](C)[C@@H](O)c1ccccc1)OC)N(C)C(=O)[C@@H](CC(=O)[C@H](C(C)C)N(C)C(=O)OCc1ccc(OCc2ccc([N+](=O)[O-])cc2)c(NC(=O)CNCCCCCCN2C(=O)C=CC2=O)c1)C(C)C.O=C(CNCCCCCCN1C(=O)C=CC1=O)Nc1cc(COC(=O)Oc2ccc([N+](=O)[O-])cc2)ccc1OCc1ccc([N+](=O)[O-])cc1. The number of carbonyl (C=O) groups is 12. The van der Waals surface area contributed by atoms with E-state index in [2.05, 4.69) is 26.6 Å². The van der Waals surface area contributed by atoms with Gasteiger partial charge in [0.1, 0.15) is 43.7 Å². The van der Waals surface area contributed by atoms with Gasteiger partial charge in [0, 0.05) is 121 Å². The molecule has 39 nitrogen and oxygen atoms in total. The number of nitro benzene ring substituents is 3. The third kappa shape index (κ3) is 33.8. The van der Waals surface area contributed by atoms with Crippen LogP contribution in [0, 0.1) is 59.9 Å². The summed E-state index contributed by atoms with van der Waals surface area (Å²) in [5, 5.41) is 58.8. The highest BCUT2D eigenvalue weighted by Crippen LogP contribution is 2.35. The molecule has 1 saturated heterocycles. The number of ether oxygens (including phenoxy) is 7. The van der Waals surface area contributed by atoms with E-state index in [1.165, 1.54) is 109 Å². The molecule has 0 bridgehead atoms. The molecule has 0 aromatic heterocycles. The number of anilines is 2. The van der Waals surface area contributed by atoms with Crippen LogP contribution in [0.15, 0.2) is 164 Å². The summed E-state index contributed by atoms with van der Waals surface area (Å²) in [6.07, 6.45) is 8.66. The quantitative estimate of drug-likeness (QED) is 0.00516. The van der Waals surface area contributed by atoms with Crippen molar-refractivity contribution in [2.45, 2.75) is 208 Å². The number of hydrogen-bond acceptors (Lipinski definition) is 28. The number of Topliss-reactive ketones (excluding diaryl/α,β-unsaturated/α-hetero) is 1. The summed E-state index contributed by atoms with van der Waals surface area (Å²) in [7, 11) is 6.19. The van der Waals surface area contributed by atoms with Crippen LogP contribution in [-0.2, 0) is 93.3 Å². The molecular formula is C100H129N13O26. The van der Waals surface area contributed by atoms with Crippen LogP contribution in [0.5, 0.6) is 17.2 Å². The first-order chi connectivity index (χ1) is 66.4. The molecule has 0 unspecified atom stereocenters. The second-order valence-corrected chi connectivity index (χ2v) is 35.2. The predicted octanol–water partition coefficient (Wildman–Crippen LogP) is 13.0. The van der Waals surface area contributed by atoms with Gasteiger partial charge in [0.2, 0.25) is 29.5 Å². The van der Waals surface area contributed by atoms with E-state index in [1.807, 2.05) is 45.9 Å². The number of methoxy groups -OCH3 is 2. The van der Waals surface area contributed by atoms with Crippen molar-refractivity contribution in [1.29, 1.82) is 0 Å².